The van der Waals surface area contributed by atoms with Crippen LogP contribution in [0.5, 0.6) is 0 Å². The van der Waals surface area contributed by atoms with Crippen molar-refractivity contribution in [2.24, 2.45) is 5.41 Å². The Hall–Kier alpha value is -2.25. The summed E-state index contributed by atoms with van der Waals surface area (Å²) in [4.78, 5) is 29.2. The number of amides is 1. The summed E-state index contributed by atoms with van der Waals surface area (Å²) < 4.78 is 30.9. The van der Waals surface area contributed by atoms with Crippen LogP contribution in [0, 0.1) is 5.41 Å². The molecule has 0 atom stereocenters. The first-order chi connectivity index (χ1) is 11.8. The van der Waals surface area contributed by atoms with Crippen molar-refractivity contribution < 1.29 is 23.1 Å². The van der Waals surface area contributed by atoms with Crippen LogP contribution in [0.2, 0.25) is 0 Å². The molecule has 8 heteroatoms. The highest BCUT2D eigenvalue weighted by Gasteiger charge is 2.56. The molecule has 1 aliphatic carbocycles. The third-order valence-corrected chi connectivity index (χ3v) is 4.88. The minimum atomic E-state index is -2.49. The fourth-order valence-electron chi connectivity index (χ4n) is 3.64. The smallest absolute Gasteiger partial charge is 0.397 e. The first-order valence-corrected chi connectivity index (χ1v) is 8.39. The Bertz CT molecular complexity index is 646. The SMILES string of the molecule is CCOC(=O)C(=O)Nc1ccc(N2CCC3(CC2)CC(F)(F)C3)nc1. The number of pyridine rings is 1. The molecular formula is C17H21F2N3O3. The standard InChI is InChI=1S/C17H21F2N3O3/c1-2-25-15(24)14(23)21-12-3-4-13(20-9-12)22-7-5-16(6-8-22)10-17(18,19)11-16/h3-4,9H,2,5-8,10-11H2,1H3,(H,21,23). The van der Waals surface area contributed by atoms with Gasteiger partial charge in [0.2, 0.25) is 5.92 Å². The predicted molar refractivity (Wildman–Crippen MR) is 87.6 cm³/mol. The van der Waals surface area contributed by atoms with Crippen LogP contribution in [0.15, 0.2) is 18.3 Å². The minimum absolute atomic E-state index is 0.0000968. The predicted octanol–water partition coefficient (Wildman–Crippen LogP) is 2.60. The molecular weight excluding hydrogens is 332 g/mol. The number of aromatic nitrogens is 1. The van der Waals surface area contributed by atoms with Crippen LogP contribution >= 0.6 is 0 Å². The molecule has 0 bridgehead atoms. The molecule has 3 rings (SSSR count). The number of carbonyl (C=O) groups excluding carboxylic acids is 2. The molecule has 1 amide bonds. The molecule has 1 saturated carbocycles. The van der Waals surface area contributed by atoms with E-state index in [2.05, 4.69) is 19.9 Å². The summed E-state index contributed by atoms with van der Waals surface area (Å²) in [5.41, 5.74) is 0.196. The second kappa shape index (κ2) is 6.57. The number of hydrogen-bond acceptors (Lipinski definition) is 5. The van der Waals surface area contributed by atoms with E-state index in [-0.39, 0.29) is 24.9 Å². The van der Waals surface area contributed by atoms with E-state index in [0.717, 1.165) is 18.7 Å². The Morgan fingerprint density at radius 2 is 1.96 bits per heavy atom. The maximum absolute atomic E-state index is 13.1. The first kappa shape index (κ1) is 17.6. The van der Waals surface area contributed by atoms with Gasteiger partial charge in [0.05, 0.1) is 18.5 Å². The molecule has 0 aromatic carbocycles. The number of nitrogens with zero attached hydrogens (tertiary/aromatic N) is 2. The highest BCUT2D eigenvalue weighted by molar-refractivity contribution is 6.37. The van der Waals surface area contributed by atoms with E-state index in [1.54, 1.807) is 19.1 Å². The zero-order valence-electron chi connectivity index (χ0n) is 14.1. The maximum atomic E-state index is 13.1. The zero-order chi connectivity index (χ0) is 18.1. The number of alkyl halides is 2. The molecule has 136 valence electrons. The number of piperidine rings is 1. The second-order valence-electron chi connectivity index (χ2n) is 6.78. The molecule has 2 aliphatic rings. The Balaban J connectivity index is 1.53. The van der Waals surface area contributed by atoms with Gasteiger partial charge in [-0.3, -0.25) is 4.79 Å². The van der Waals surface area contributed by atoms with E-state index in [9.17, 15) is 18.4 Å². The molecule has 1 aromatic heterocycles. The van der Waals surface area contributed by atoms with Crippen LogP contribution in [-0.2, 0) is 14.3 Å². The molecule has 1 spiro atoms. The van der Waals surface area contributed by atoms with E-state index in [1.807, 2.05) is 0 Å². The van der Waals surface area contributed by atoms with Gasteiger partial charge in [-0.1, -0.05) is 0 Å². The quantitative estimate of drug-likeness (QED) is 0.668. The number of halogens is 2. The van der Waals surface area contributed by atoms with E-state index >= 15 is 0 Å². The van der Waals surface area contributed by atoms with E-state index in [4.69, 9.17) is 0 Å². The molecule has 2 heterocycles. The summed E-state index contributed by atoms with van der Waals surface area (Å²) in [5.74, 6) is -3.54. The molecule has 1 aromatic rings. The van der Waals surface area contributed by atoms with Gasteiger partial charge >= 0.3 is 11.9 Å². The van der Waals surface area contributed by atoms with Gasteiger partial charge in [0.25, 0.3) is 0 Å². The average Bonchev–Trinajstić information content (AvgIpc) is 2.55. The topological polar surface area (TPSA) is 71.5 Å². The van der Waals surface area contributed by atoms with Crippen molar-refractivity contribution in [3.63, 3.8) is 0 Å². The molecule has 1 saturated heterocycles. The Morgan fingerprint density at radius 3 is 2.48 bits per heavy atom. The molecule has 25 heavy (non-hydrogen) atoms. The Labute approximate surface area is 144 Å². The summed E-state index contributed by atoms with van der Waals surface area (Å²) in [6, 6.07) is 3.40. The van der Waals surface area contributed by atoms with Crippen molar-refractivity contribution in [1.29, 1.82) is 0 Å². The highest BCUT2D eigenvalue weighted by Crippen LogP contribution is 2.57. The van der Waals surface area contributed by atoms with Gasteiger partial charge in [0.1, 0.15) is 5.82 Å². The van der Waals surface area contributed by atoms with Crippen molar-refractivity contribution in [3.05, 3.63) is 18.3 Å². The third-order valence-electron chi connectivity index (χ3n) is 4.88. The van der Waals surface area contributed by atoms with Gasteiger partial charge in [-0.25, -0.2) is 18.6 Å². The number of anilines is 2. The molecule has 0 unspecified atom stereocenters. The zero-order valence-corrected chi connectivity index (χ0v) is 14.1. The lowest BCUT2D eigenvalue weighted by molar-refractivity contribution is -0.168. The van der Waals surface area contributed by atoms with Crippen LogP contribution in [0.4, 0.5) is 20.3 Å². The summed E-state index contributed by atoms with van der Waals surface area (Å²) in [6.07, 6.45) is 2.95. The summed E-state index contributed by atoms with van der Waals surface area (Å²) in [5, 5.41) is 2.42. The molecule has 2 fully saturated rings. The Morgan fingerprint density at radius 1 is 1.28 bits per heavy atom. The summed E-state index contributed by atoms with van der Waals surface area (Å²) in [7, 11) is 0. The lowest BCUT2D eigenvalue weighted by Gasteiger charge is -2.52. The fraction of sp³-hybridized carbons (Fsp3) is 0.588. The maximum Gasteiger partial charge on any atom is 0.397 e. The molecule has 6 nitrogen and oxygen atoms in total. The number of ether oxygens (including phenoxy) is 1. The van der Waals surface area contributed by atoms with Gasteiger partial charge < -0.3 is 15.0 Å². The summed E-state index contributed by atoms with van der Waals surface area (Å²) in [6.45, 7) is 3.13. The lowest BCUT2D eigenvalue weighted by Crippen LogP contribution is -2.52. The minimum Gasteiger partial charge on any atom is -0.459 e. The fourth-order valence-corrected chi connectivity index (χ4v) is 3.64. The van der Waals surface area contributed by atoms with Crippen molar-refractivity contribution in [1.82, 2.24) is 4.98 Å². The second-order valence-corrected chi connectivity index (χ2v) is 6.78. The molecule has 1 N–H and O–H groups in total. The number of rotatable bonds is 3. The summed E-state index contributed by atoms with van der Waals surface area (Å²) >= 11 is 0. The molecule has 0 radical (unpaired) electrons. The van der Waals surface area contributed by atoms with Gasteiger partial charge in [-0.15, -0.1) is 0 Å². The van der Waals surface area contributed by atoms with Crippen molar-refractivity contribution in [3.8, 4) is 0 Å². The van der Waals surface area contributed by atoms with Crippen molar-refractivity contribution in [2.45, 2.75) is 38.5 Å². The first-order valence-electron chi connectivity index (χ1n) is 8.39. The monoisotopic (exact) mass is 353 g/mol. The van der Waals surface area contributed by atoms with E-state index < -0.39 is 17.8 Å². The number of carbonyl (C=O) groups is 2. The van der Waals surface area contributed by atoms with Gasteiger partial charge in [-0.2, -0.15) is 0 Å². The van der Waals surface area contributed by atoms with Gasteiger partial charge in [0.15, 0.2) is 0 Å². The largest absolute Gasteiger partial charge is 0.459 e. The number of nitrogens with one attached hydrogen (secondary N) is 1. The van der Waals surface area contributed by atoms with Crippen LogP contribution in [0.3, 0.4) is 0 Å². The van der Waals surface area contributed by atoms with Crippen LogP contribution in [0.1, 0.15) is 32.6 Å². The lowest BCUT2D eigenvalue weighted by atomic mass is 9.61. The Kier molecular flexibility index (Phi) is 4.62. The van der Waals surface area contributed by atoms with Gasteiger partial charge in [0, 0.05) is 25.9 Å². The van der Waals surface area contributed by atoms with Crippen LogP contribution in [-0.4, -0.2) is 42.5 Å². The number of hydrogen-bond donors (Lipinski definition) is 1. The normalized spacial score (nSPS) is 20.7. The average molecular weight is 353 g/mol. The van der Waals surface area contributed by atoms with E-state index in [0.29, 0.717) is 18.8 Å². The highest BCUT2D eigenvalue weighted by atomic mass is 19.3. The van der Waals surface area contributed by atoms with Crippen molar-refractivity contribution in [2.75, 3.05) is 29.9 Å². The van der Waals surface area contributed by atoms with Crippen molar-refractivity contribution >= 4 is 23.4 Å². The van der Waals surface area contributed by atoms with Crippen LogP contribution < -0.4 is 10.2 Å². The van der Waals surface area contributed by atoms with Gasteiger partial charge in [-0.05, 0) is 37.3 Å². The van der Waals surface area contributed by atoms with E-state index in [1.165, 1.54) is 6.20 Å². The molecule has 1 aliphatic heterocycles. The van der Waals surface area contributed by atoms with Crippen LogP contribution in [0.25, 0.3) is 0 Å². The number of esters is 1. The third kappa shape index (κ3) is 3.88.